The summed E-state index contributed by atoms with van der Waals surface area (Å²) in [6.07, 6.45) is -5.27. The number of nitrogens with one attached hydrogen (secondary N) is 1. The third-order valence-corrected chi connectivity index (χ3v) is 3.87. The summed E-state index contributed by atoms with van der Waals surface area (Å²) in [6, 6.07) is 7.79. The van der Waals surface area contributed by atoms with Gasteiger partial charge in [-0.15, -0.1) is 0 Å². The van der Waals surface area contributed by atoms with E-state index in [1.165, 1.54) is 18.2 Å². The molecule has 0 spiro atoms. The number of carbonyl (C=O) groups is 1. The van der Waals surface area contributed by atoms with Gasteiger partial charge in [0.2, 0.25) is 0 Å². The fourth-order valence-electron chi connectivity index (χ4n) is 1.94. The molecule has 3 nitrogen and oxygen atoms in total. The first-order valence-corrected chi connectivity index (χ1v) is 8.18. The van der Waals surface area contributed by atoms with Crippen LogP contribution in [-0.2, 0) is 4.79 Å². The zero-order valence-electron chi connectivity index (χ0n) is 15.8. The van der Waals surface area contributed by atoms with Crippen molar-refractivity contribution in [1.29, 1.82) is 0 Å². The van der Waals surface area contributed by atoms with Crippen LogP contribution in [0.25, 0.3) is 6.08 Å². The summed E-state index contributed by atoms with van der Waals surface area (Å²) in [6.45, 7) is 0.975. The zero-order valence-corrected chi connectivity index (χ0v) is 15.8. The third-order valence-electron chi connectivity index (χ3n) is 3.87. The molecule has 0 aromatic heterocycles. The molecule has 0 unspecified atom stereocenters. The second kappa shape index (κ2) is 8.85. The number of hydrogen-bond donors (Lipinski definition) is 1. The number of allylic oxidation sites excluding steroid dienone is 1. The van der Waals surface area contributed by atoms with E-state index in [9.17, 15) is 61.9 Å². The molecule has 186 valence electrons. The lowest BCUT2D eigenvalue weighted by Gasteiger charge is -2.39. The predicted molar refractivity (Wildman–Crippen MR) is 87.5 cm³/mol. The molecule has 33 heavy (non-hydrogen) atoms. The first-order valence-electron chi connectivity index (χ1n) is 8.18. The van der Waals surface area contributed by atoms with Crippen molar-refractivity contribution in [2.24, 2.45) is 5.10 Å². The van der Waals surface area contributed by atoms with Crippen LogP contribution in [0.4, 0.5) is 57.1 Å². The maximum absolute atomic E-state index is 13.6. The Morgan fingerprint density at radius 2 is 1.21 bits per heavy atom. The van der Waals surface area contributed by atoms with E-state index in [4.69, 9.17) is 0 Å². The van der Waals surface area contributed by atoms with Crippen molar-refractivity contribution in [1.82, 2.24) is 5.43 Å². The highest BCUT2D eigenvalue weighted by molar-refractivity contribution is 5.97. The second-order valence-electron chi connectivity index (χ2n) is 6.31. The van der Waals surface area contributed by atoms with Gasteiger partial charge in [-0.3, -0.25) is 4.79 Å². The topological polar surface area (TPSA) is 41.5 Å². The van der Waals surface area contributed by atoms with Crippen molar-refractivity contribution in [2.75, 3.05) is 0 Å². The standard InChI is InChI=1S/C17H11F13N2O/c1-9(7-8-10-5-3-2-4-6-10)31-32-11(33)12(18,19)13(20,21)14(22,23)15(24,25)16(26,27)17(28,29)30/h2-8H,1H3,(H,32,33)/b8-7+,31-9-. The largest absolute Gasteiger partial charge is 0.460 e. The average Bonchev–Trinajstić information content (AvgIpc) is 2.69. The third kappa shape index (κ3) is 4.93. The molecule has 0 aliphatic carbocycles. The minimum absolute atomic E-state index is 0.424. The van der Waals surface area contributed by atoms with Crippen LogP contribution in [0.1, 0.15) is 12.5 Å². The van der Waals surface area contributed by atoms with Crippen LogP contribution in [0.2, 0.25) is 0 Å². The van der Waals surface area contributed by atoms with Crippen LogP contribution in [0.3, 0.4) is 0 Å². The van der Waals surface area contributed by atoms with Gasteiger partial charge in [-0.05, 0) is 18.6 Å². The van der Waals surface area contributed by atoms with Gasteiger partial charge in [0.15, 0.2) is 0 Å². The fourth-order valence-corrected chi connectivity index (χ4v) is 1.94. The Bertz CT molecular complexity index is 905. The van der Waals surface area contributed by atoms with Gasteiger partial charge in [0.25, 0.3) is 0 Å². The summed E-state index contributed by atoms with van der Waals surface area (Å²) in [5, 5.41) is 2.81. The van der Waals surface area contributed by atoms with E-state index in [0.717, 1.165) is 13.0 Å². The summed E-state index contributed by atoms with van der Waals surface area (Å²) < 4.78 is 169. The van der Waals surface area contributed by atoms with Gasteiger partial charge in [-0.25, -0.2) is 5.43 Å². The average molecular weight is 506 g/mol. The first kappa shape index (κ1) is 28.2. The maximum Gasteiger partial charge on any atom is 0.460 e. The Morgan fingerprint density at radius 1 is 0.758 bits per heavy atom. The smallest absolute Gasteiger partial charge is 0.266 e. The molecule has 1 amide bonds. The fraction of sp³-hybridized carbons (Fsp3) is 0.412. The SMILES string of the molecule is CC(/C=C/c1ccccc1)=N/NC(=O)C(F)(F)C(F)(F)C(F)(F)C(F)(F)C(F)(F)C(F)(F)F. The number of hydrogen-bond acceptors (Lipinski definition) is 2. The lowest BCUT2D eigenvalue weighted by molar-refractivity contribution is -0.436. The van der Waals surface area contributed by atoms with Crippen LogP contribution in [0.15, 0.2) is 41.5 Å². The normalized spacial score (nSPS) is 15.2. The van der Waals surface area contributed by atoms with Crippen molar-refractivity contribution >= 4 is 17.7 Å². The summed E-state index contributed by atoms with van der Waals surface area (Å²) in [4.78, 5) is 11.3. The lowest BCUT2D eigenvalue weighted by atomic mass is 9.93. The molecule has 1 rings (SSSR count). The van der Waals surface area contributed by atoms with Crippen LogP contribution in [0.5, 0.6) is 0 Å². The number of halogens is 13. The van der Waals surface area contributed by atoms with Crippen molar-refractivity contribution in [3.63, 3.8) is 0 Å². The monoisotopic (exact) mass is 506 g/mol. The Balaban J connectivity index is 3.20. The number of carbonyl (C=O) groups excluding carboxylic acids is 1. The Hall–Kier alpha value is -2.81. The molecule has 0 bridgehead atoms. The zero-order chi connectivity index (χ0) is 26.1. The van der Waals surface area contributed by atoms with Crippen molar-refractivity contribution in [2.45, 2.75) is 42.7 Å². The second-order valence-corrected chi connectivity index (χ2v) is 6.31. The van der Waals surface area contributed by atoms with Gasteiger partial charge in [0.05, 0.1) is 5.71 Å². The summed E-state index contributed by atoms with van der Waals surface area (Å²) in [7, 11) is 0. The van der Waals surface area contributed by atoms with Gasteiger partial charge in [0.1, 0.15) is 0 Å². The Kier molecular flexibility index (Phi) is 7.57. The minimum Gasteiger partial charge on any atom is -0.266 e. The van der Waals surface area contributed by atoms with E-state index in [-0.39, 0.29) is 0 Å². The molecule has 0 atom stereocenters. The summed E-state index contributed by atoms with van der Waals surface area (Å²) in [5.74, 6) is -42.1. The molecule has 0 radical (unpaired) electrons. The maximum atomic E-state index is 13.6. The van der Waals surface area contributed by atoms with Crippen LogP contribution in [0, 0.1) is 0 Å². The van der Waals surface area contributed by atoms with Gasteiger partial charge < -0.3 is 0 Å². The molecule has 0 aliphatic heterocycles. The number of benzene rings is 1. The Morgan fingerprint density at radius 3 is 1.67 bits per heavy atom. The van der Waals surface area contributed by atoms with Crippen molar-refractivity contribution < 1.29 is 61.9 Å². The van der Waals surface area contributed by atoms with Gasteiger partial charge in [-0.1, -0.05) is 36.4 Å². The Labute approximate surface area is 175 Å². The molecular formula is C17H11F13N2O. The predicted octanol–water partition coefficient (Wildman–Crippen LogP) is 5.93. The molecule has 0 saturated carbocycles. The lowest BCUT2D eigenvalue weighted by Crippen LogP contribution is -2.71. The molecule has 0 fully saturated rings. The quantitative estimate of drug-likeness (QED) is 0.265. The molecule has 0 aliphatic rings. The van der Waals surface area contributed by atoms with E-state index in [0.29, 0.717) is 11.0 Å². The van der Waals surface area contributed by atoms with Crippen LogP contribution >= 0.6 is 0 Å². The van der Waals surface area contributed by atoms with E-state index >= 15 is 0 Å². The van der Waals surface area contributed by atoms with Gasteiger partial charge in [0, 0.05) is 0 Å². The molecule has 1 aromatic carbocycles. The number of amides is 1. The highest BCUT2D eigenvalue weighted by Crippen LogP contribution is 2.60. The van der Waals surface area contributed by atoms with Crippen LogP contribution in [-0.4, -0.2) is 47.4 Å². The number of alkyl halides is 13. The van der Waals surface area contributed by atoms with E-state index in [1.807, 2.05) is 0 Å². The molecule has 1 N–H and O–H groups in total. The highest BCUT2D eigenvalue weighted by atomic mass is 19.4. The van der Waals surface area contributed by atoms with Crippen molar-refractivity contribution in [3.8, 4) is 0 Å². The van der Waals surface area contributed by atoms with Crippen molar-refractivity contribution in [3.05, 3.63) is 42.0 Å². The number of hydrazone groups is 1. The first-order chi connectivity index (χ1) is 14.6. The van der Waals surface area contributed by atoms with Gasteiger partial charge in [-0.2, -0.15) is 62.2 Å². The number of nitrogens with zero attached hydrogens (tertiary/aromatic N) is 1. The summed E-state index contributed by atoms with van der Waals surface area (Å²) >= 11 is 0. The van der Waals surface area contributed by atoms with E-state index in [2.05, 4.69) is 5.10 Å². The molecule has 16 heteroatoms. The molecule has 0 saturated heterocycles. The number of rotatable bonds is 8. The molecule has 1 aromatic rings. The van der Waals surface area contributed by atoms with Crippen LogP contribution < -0.4 is 5.43 Å². The van der Waals surface area contributed by atoms with E-state index in [1.54, 1.807) is 18.2 Å². The summed E-state index contributed by atoms with van der Waals surface area (Å²) in [5.41, 5.74) is 0.702. The highest BCUT2D eigenvalue weighted by Gasteiger charge is 2.91. The van der Waals surface area contributed by atoms with Gasteiger partial charge >= 0.3 is 41.7 Å². The minimum atomic E-state index is -8.08. The molecule has 0 heterocycles. The molecular weight excluding hydrogens is 495 g/mol. The van der Waals surface area contributed by atoms with E-state index < -0.39 is 47.4 Å².